The Morgan fingerprint density at radius 2 is 1.96 bits per heavy atom. The molecule has 2 saturated heterocycles. The van der Waals surface area contributed by atoms with Gasteiger partial charge in [-0.2, -0.15) is 5.26 Å². The lowest BCUT2D eigenvalue weighted by atomic mass is 10.1. The van der Waals surface area contributed by atoms with Gasteiger partial charge in [0.25, 0.3) is 5.91 Å². The molecule has 0 bridgehead atoms. The average molecular weight is 367 g/mol. The Morgan fingerprint density at radius 1 is 1.22 bits per heavy atom. The molecule has 0 radical (unpaired) electrons. The molecule has 3 fully saturated rings. The van der Waals surface area contributed by atoms with Gasteiger partial charge in [-0.15, -0.1) is 0 Å². The number of rotatable bonds is 5. The van der Waals surface area contributed by atoms with Crippen LogP contribution in [0.15, 0.2) is 24.3 Å². The third-order valence-corrected chi connectivity index (χ3v) is 5.39. The molecule has 0 N–H and O–H groups in total. The van der Waals surface area contributed by atoms with E-state index in [1.54, 1.807) is 29.2 Å². The molecule has 1 aromatic carbocycles. The first-order valence-corrected chi connectivity index (χ1v) is 9.37. The second kappa shape index (κ2) is 7.12. The highest BCUT2D eigenvalue weighted by atomic mass is 16.5. The number of amides is 3. The summed E-state index contributed by atoms with van der Waals surface area (Å²) in [6.07, 6.45) is 3.42. The summed E-state index contributed by atoms with van der Waals surface area (Å²) in [7, 11) is 0. The summed E-state index contributed by atoms with van der Waals surface area (Å²) in [5.41, 5.74) is 0.890. The Morgan fingerprint density at radius 3 is 2.56 bits per heavy atom. The largest absolute Gasteiger partial charge is 0.376 e. The van der Waals surface area contributed by atoms with Crippen LogP contribution in [0.2, 0.25) is 0 Å². The fourth-order valence-electron chi connectivity index (χ4n) is 3.76. The van der Waals surface area contributed by atoms with Crippen molar-refractivity contribution in [3.63, 3.8) is 0 Å². The summed E-state index contributed by atoms with van der Waals surface area (Å²) in [4.78, 5) is 41.1. The third-order valence-electron chi connectivity index (χ3n) is 5.39. The lowest BCUT2D eigenvalue weighted by molar-refractivity contribution is -0.141. The molecular weight excluding hydrogens is 346 g/mol. The topological polar surface area (TPSA) is 90.7 Å². The third kappa shape index (κ3) is 3.45. The van der Waals surface area contributed by atoms with Crippen LogP contribution in [0.1, 0.15) is 37.7 Å². The van der Waals surface area contributed by atoms with Crippen LogP contribution < -0.4 is 4.90 Å². The minimum absolute atomic E-state index is 0.00991. The van der Waals surface area contributed by atoms with Crippen molar-refractivity contribution in [2.24, 2.45) is 5.92 Å². The van der Waals surface area contributed by atoms with E-state index in [0.717, 1.165) is 30.6 Å². The van der Waals surface area contributed by atoms with Crippen molar-refractivity contribution in [3.8, 4) is 6.07 Å². The molecule has 27 heavy (non-hydrogen) atoms. The maximum Gasteiger partial charge on any atom is 0.257 e. The number of nitrogens with zero attached hydrogens (tertiary/aromatic N) is 3. The minimum Gasteiger partial charge on any atom is -0.376 e. The molecule has 2 unspecified atom stereocenters. The fraction of sp³-hybridized carbons (Fsp3) is 0.500. The Labute approximate surface area is 157 Å². The highest BCUT2D eigenvalue weighted by Crippen LogP contribution is 2.34. The van der Waals surface area contributed by atoms with Gasteiger partial charge in [-0.25, -0.2) is 4.90 Å². The number of imide groups is 1. The molecule has 0 aromatic heterocycles. The zero-order chi connectivity index (χ0) is 19.0. The molecule has 2 atom stereocenters. The van der Waals surface area contributed by atoms with Crippen LogP contribution in [0.5, 0.6) is 0 Å². The first kappa shape index (κ1) is 17.7. The quantitative estimate of drug-likeness (QED) is 0.738. The van der Waals surface area contributed by atoms with Gasteiger partial charge in [0.05, 0.1) is 29.8 Å². The highest BCUT2D eigenvalue weighted by Gasteiger charge is 2.47. The Hall–Kier alpha value is -2.72. The van der Waals surface area contributed by atoms with E-state index in [1.165, 1.54) is 0 Å². The van der Waals surface area contributed by atoms with E-state index in [9.17, 15) is 14.4 Å². The number of carbonyl (C=O) groups is 3. The smallest absolute Gasteiger partial charge is 0.257 e. The van der Waals surface area contributed by atoms with Crippen molar-refractivity contribution in [3.05, 3.63) is 29.8 Å². The molecule has 7 heteroatoms. The molecule has 7 nitrogen and oxygen atoms in total. The minimum atomic E-state index is -0.773. The number of hydrogen-bond acceptors (Lipinski definition) is 5. The first-order valence-electron chi connectivity index (χ1n) is 9.37. The van der Waals surface area contributed by atoms with Crippen molar-refractivity contribution in [1.82, 2.24) is 4.90 Å². The predicted octanol–water partition coefficient (Wildman–Crippen LogP) is 1.61. The SMILES string of the molecule is N#Cc1ccc(N2C(=O)CC(N(CC3CCCO3)C(=O)C3CC3)C2=O)cc1. The van der Waals surface area contributed by atoms with E-state index in [2.05, 4.69) is 0 Å². The van der Waals surface area contributed by atoms with Crippen molar-refractivity contribution in [2.75, 3.05) is 18.1 Å². The maximum absolute atomic E-state index is 13.0. The van der Waals surface area contributed by atoms with Crippen molar-refractivity contribution >= 4 is 23.4 Å². The van der Waals surface area contributed by atoms with E-state index in [0.29, 0.717) is 24.4 Å². The molecule has 3 amide bonds. The van der Waals surface area contributed by atoms with Gasteiger partial charge in [-0.3, -0.25) is 14.4 Å². The van der Waals surface area contributed by atoms with Gasteiger partial charge >= 0.3 is 0 Å². The van der Waals surface area contributed by atoms with E-state index in [4.69, 9.17) is 10.00 Å². The fourth-order valence-corrected chi connectivity index (χ4v) is 3.76. The van der Waals surface area contributed by atoms with Gasteiger partial charge in [0.15, 0.2) is 0 Å². The molecule has 1 aromatic rings. The van der Waals surface area contributed by atoms with Crippen LogP contribution in [0.4, 0.5) is 5.69 Å². The summed E-state index contributed by atoms with van der Waals surface area (Å²) in [5, 5.41) is 8.91. The van der Waals surface area contributed by atoms with Gasteiger partial charge < -0.3 is 9.64 Å². The molecule has 4 rings (SSSR count). The second-order valence-corrected chi connectivity index (χ2v) is 7.35. The molecule has 0 spiro atoms. The summed E-state index contributed by atoms with van der Waals surface area (Å²) in [6.45, 7) is 1.03. The number of benzene rings is 1. The first-order chi connectivity index (χ1) is 13.1. The number of carbonyl (C=O) groups excluding carboxylic acids is 3. The monoisotopic (exact) mass is 367 g/mol. The Kier molecular flexibility index (Phi) is 4.66. The van der Waals surface area contributed by atoms with Gasteiger partial charge in [0.1, 0.15) is 6.04 Å². The normalized spacial score (nSPS) is 24.9. The number of anilines is 1. The summed E-state index contributed by atoms with van der Waals surface area (Å²) in [6, 6.07) is 7.56. The van der Waals surface area contributed by atoms with Gasteiger partial charge in [-0.1, -0.05) is 0 Å². The summed E-state index contributed by atoms with van der Waals surface area (Å²) < 4.78 is 5.66. The molecule has 2 heterocycles. The van der Waals surface area contributed by atoms with Crippen molar-refractivity contribution < 1.29 is 19.1 Å². The summed E-state index contributed by atoms with van der Waals surface area (Å²) >= 11 is 0. The van der Waals surface area contributed by atoms with Crippen LogP contribution in [-0.4, -0.2) is 47.9 Å². The zero-order valence-corrected chi connectivity index (χ0v) is 15.0. The lowest BCUT2D eigenvalue weighted by Crippen LogP contribution is -2.49. The standard InChI is InChI=1S/C20H21N3O4/c21-11-13-3-7-15(8-4-13)23-18(24)10-17(20(23)26)22(19(25)14-5-6-14)12-16-2-1-9-27-16/h3-4,7-8,14,16-17H,1-2,5-6,9-10,12H2. The lowest BCUT2D eigenvalue weighted by Gasteiger charge is -2.30. The molecule has 3 aliphatic rings. The highest BCUT2D eigenvalue weighted by molar-refractivity contribution is 6.23. The Bertz CT molecular complexity index is 804. The summed E-state index contributed by atoms with van der Waals surface area (Å²) in [5.74, 6) is -0.774. The average Bonchev–Trinajstić information content (AvgIpc) is 3.32. The molecular formula is C20H21N3O4. The molecule has 2 aliphatic heterocycles. The van der Waals surface area contributed by atoms with E-state index in [-0.39, 0.29) is 36.2 Å². The second-order valence-electron chi connectivity index (χ2n) is 7.35. The van der Waals surface area contributed by atoms with E-state index in [1.807, 2.05) is 6.07 Å². The van der Waals surface area contributed by atoms with Crippen molar-refractivity contribution in [2.45, 2.75) is 44.2 Å². The number of ether oxygens (including phenoxy) is 1. The van der Waals surface area contributed by atoms with E-state index >= 15 is 0 Å². The molecule has 140 valence electrons. The van der Waals surface area contributed by atoms with Crippen LogP contribution >= 0.6 is 0 Å². The molecule has 1 aliphatic carbocycles. The van der Waals surface area contributed by atoms with Crippen LogP contribution in [0, 0.1) is 17.2 Å². The van der Waals surface area contributed by atoms with Crippen LogP contribution in [0.25, 0.3) is 0 Å². The predicted molar refractivity (Wildman–Crippen MR) is 95.5 cm³/mol. The van der Waals surface area contributed by atoms with Gasteiger partial charge in [-0.05, 0) is 49.9 Å². The van der Waals surface area contributed by atoms with Crippen LogP contribution in [-0.2, 0) is 19.1 Å². The Balaban J connectivity index is 1.56. The molecule has 1 saturated carbocycles. The number of nitriles is 1. The van der Waals surface area contributed by atoms with Crippen molar-refractivity contribution in [1.29, 1.82) is 5.26 Å². The van der Waals surface area contributed by atoms with Gasteiger partial charge in [0.2, 0.25) is 11.8 Å². The zero-order valence-electron chi connectivity index (χ0n) is 15.0. The maximum atomic E-state index is 13.0. The van der Waals surface area contributed by atoms with Crippen LogP contribution in [0.3, 0.4) is 0 Å². The number of hydrogen-bond donors (Lipinski definition) is 0. The van der Waals surface area contributed by atoms with E-state index < -0.39 is 6.04 Å². The van der Waals surface area contributed by atoms with Gasteiger partial charge in [0, 0.05) is 19.1 Å².